The average Bonchev–Trinajstić information content (AvgIpc) is 3.05. The fourth-order valence-corrected chi connectivity index (χ4v) is 2.43. The Labute approximate surface area is 140 Å². The van der Waals surface area contributed by atoms with Crippen LogP contribution in [0.2, 0.25) is 0 Å². The van der Waals surface area contributed by atoms with Crippen molar-refractivity contribution in [3.63, 3.8) is 0 Å². The van der Waals surface area contributed by atoms with Crippen molar-refractivity contribution in [3.05, 3.63) is 70.6 Å². The van der Waals surface area contributed by atoms with Gasteiger partial charge in [0, 0.05) is 5.39 Å². The highest BCUT2D eigenvalue weighted by molar-refractivity contribution is 5.90. The van der Waals surface area contributed by atoms with Gasteiger partial charge in [0.2, 0.25) is 0 Å². The summed E-state index contributed by atoms with van der Waals surface area (Å²) in [6.45, 7) is 0.0660. The molecule has 2 aromatic carbocycles. The molecule has 0 atom stereocenters. The van der Waals surface area contributed by atoms with E-state index in [1.807, 2.05) is 36.4 Å². The molecule has 8 heteroatoms. The Morgan fingerprint density at radius 1 is 1.08 bits per heavy atom. The second kappa shape index (κ2) is 6.08. The molecule has 0 radical (unpaired) electrons. The molecular weight excluding hydrogens is 324 g/mol. The first kappa shape index (κ1) is 14.9. The van der Waals surface area contributed by atoms with E-state index in [1.165, 1.54) is 0 Å². The average molecular weight is 336 g/mol. The molecule has 0 unspecified atom stereocenters. The zero-order chi connectivity index (χ0) is 17.2. The number of benzene rings is 2. The first-order chi connectivity index (χ1) is 12.2. The Bertz CT molecular complexity index is 1120. The van der Waals surface area contributed by atoms with Crippen LogP contribution in [0.4, 0.5) is 4.79 Å². The highest BCUT2D eigenvalue weighted by atomic mass is 16.7. The van der Waals surface area contributed by atoms with E-state index >= 15 is 0 Å². The van der Waals surface area contributed by atoms with Crippen LogP contribution in [0.25, 0.3) is 16.6 Å². The first-order valence-corrected chi connectivity index (χ1v) is 7.47. The monoisotopic (exact) mass is 336 g/mol. The van der Waals surface area contributed by atoms with Crippen LogP contribution in [-0.4, -0.2) is 25.7 Å². The number of carbonyl (C=O) groups is 1. The van der Waals surface area contributed by atoms with Crippen LogP contribution < -0.4 is 10.4 Å². The van der Waals surface area contributed by atoms with E-state index < -0.39 is 11.8 Å². The third kappa shape index (κ3) is 2.92. The third-order valence-electron chi connectivity index (χ3n) is 3.56. The predicted molar refractivity (Wildman–Crippen MR) is 88.4 cm³/mol. The highest BCUT2D eigenvalue weighted by Crippen LogP contribution is 2.16. The quantitative estimate of drug-likeness (QED) is 0.576. The lowest BCUT2D eigenvalue weighted by Gasteiger charge is -2.02. The number of H-pyrrole nitrogens is 1. The molecular formula is C17H12N4O4. The molecule has 0 aliphatic carbocycles. The summed E-state index contributed by atoms with van der Waals surface area (Å²) in [5, 5.41) is 4.58. The van der Waals surface area contributed by atoms with Crippen molar-refractivity contribution in [3.8, 4) is 6.01 Å². The molecule has 8 nitrogen and oxygen atoms in total. The van der Waals surface area contributed by atoms with Gasteiger partial charge in [0.15, 0.2) is 5.65 Å². The maximum Gasteiger partial charge on any atom is 0.516 e. The maximum atomic E-state index is 12.0. The summed E-state index contributed by atoms with van der Waals surface area (Å²) in [4.78, 5) is 30.6. The van der Waals surface area contributed by atoms with Crippen LogP contribution in [0, 0.1) is 0 Å². The van der Waals surface area contributed by atoms with Crippen LogP contribution in [0.15, 0.2) is 59.4 Å². The maximum absolute atomic E-state index is 12.0. The van der Waals surface area contributed by atoms with E-state index in [9.17, 15) is 9.59 Å². The van der Waals surface area contributed by atoms with E-state index in [2.05, 4.69) is 15.1 Å². The van der Waals surface area contributed by atoms with E-state index in [1.54, 1.807) is 18.2 Å². The van der Waals surface area contributed by atoms with E-state index in [-0.39, 0.29) is 12.6 Å². The number of ether oxygens (including phenoxy) is 2. The normalized spacial score (nSPS) is 10.9. The van der Waals surface area contributed by atoms with E-state index in [0.717, 1.165) is 10.1 Å². The van der Waals surface area contributed by atoms with Gasteiger partial charge in [-0.25, -0.2) is 9.59 Å². The fraction of sp³-hybridized carbons (Fsp3) is 0.0588. The molecule has 0 fully saturated rings. The second-order valence-corrected chi connectivity index (χ2v) is 5.23. The molecule has 0 aliphatic rings. The van der Waals surface area contributed by atoms with Crippen molar-refractivity contribution in [1.29, 1.82) is 0 Å². The standard InChI is InChI=1S/C17H12N4O4/c22-16-18-13-9-5-4-8-12(13)14-19-15(20-21(14)16)25-17(23)24-10-11-6-2-1-3-7-11/h1-9H,10H2,(H,18,22). The summed E-state index contributed by atoms with van der Waals surface area (Å²) in [5.74, 6) is 0. The zero-order valence-electron chi connectivity index (χ0n) is 12.9. The SMILES string of the molecule is O=C(OCc1ccccc1)Oc1nc2c3ccccc3[nH]c(=O)n2n1. The van der Waals surface area contributed by atoms with Crippen molar-refractivity contribution in [2.75, 3.05) is 0 Å². The number of para-hydroxylation sites is 1. The molecule has 2 heterocycles. The molecule has 124 valence electrons. The number of aromatic amines is 1. The van der Waals surface area contributed by atoms with E-state index in [4.69, 9.17) is 9.47 Å². The van der Waals surface area contributed by atoms with Crippen molar-refractivity contribution >= 4 is 22.7 Å². The van der Waals surface area contributed by atoms with Crippen molar-refractivity contribution < 1.29 is 14.3 Å². The van der Waals surface area contributed by atoms with Gasteiger partial charge in [0.1, 0.15) is 6.61 Å². The minimum Gasteiger partial charge on any atom is -0.429 e. The Kier molecular flexibility index (Phi) is 3.62. The molecule has 0 aliphatic heterocycles. The zero-order valence-corrected chi connectivity index (χ0v) is 12.9. The van der Waals surface area contributed by atoms with Crippen molar-refractivity contribution in [1.82, 2.24) is 19.6 Å². The van der Waals surface area contributed by atoms with Gasteiger partial charge in [-0.2, -0.15) is 9.50 Å². The Balaban J connectivity index is 1.57. The lowest BCUT2D eigenvalue weighted by atomic mass is 10.2. The summed E-state index contributed by atoms with van der Waals surface area (Å²) in [7, 11) is 0. The Morgan fingerprint density at radius 3 is 2.68 bits per heavy atom. The van der Waals surface area contributed by atoms with Crippen LogP contribution >= 0.6 is 0 Å². The summed E-state index contributed by atoms with van der Waals surface area (Å²) in [6.07, 6.45) is -0.944. The Morgan fingerprint density at radius 2 is 1.84 bits per heavy atom. The second-order valence-electron chi connectivity index (χ2n) is 5.23. The van der Waals surface area contributed by atoms with Gasteiger partial charge < -0.3 is 14.5 Å². The molecule has 0 bridgehead atoms. The largest absolute Gasteiger partial charge is 0.516 e. The lowest BCUT2D eigenvalue weighted by molar-refractivity contribution is 0.0896. The van der Waals surface area contributed by atoms with Gasteiger partial charge in [-0.1, -0.05) is 42.5 Å². The summed E-state index contributed by atoms with van der Waals surface area (Å²) >= 11 is 0. The molecule has 2 aromatic heterocycles. The molecule has 0 spiro atoms. The number of nitrogens with zero attached hydrogens (tertiary/aromatic N) is 3. The number of fused-ring (bicyclic) bond motifs is 3. The smallest absolute Gasteiger partial charge is 0.429 e. The molecule has 0 amide bonds. The van der Waals surface area contributed by atoms with Gasteiger partial charge in [-0.15, -0.1) is 5.10 Å². The number of rotatable bonds is 3. The van der Waals surface area contributed by atoms with E-state index in [0.29, 0.717) is 16.6 Å². The molecule has 0 saturated carbocycles. The van der Waals surface area contributed by atoms with Crippen molar-refractivity contribution in [2.45, 2.75) is 6.61 Å². The van der Waals surface area contributed by atoms with Crippen molar-refractivity contribution in [2.24, 2.45) is 0 Å². The first-order valence-electron chi connectivity index (χ1n) is 7.47. The van der Waals surface area contributed by atoms with Crippen LogP contribution in [0.5, 0.6) is 6.01 Å². The molecule has 25 heavy (non-hydrogen) atoms. The van der Waals surface area contributed by atoms with Gasteiger partial charge >= 0.3 is 17.9 Å². The number of hydrogen-bond donors (Lipinski definition) is 1. The van der Waals surface area contributed by atoms with Crippen LogP contribution in [0.1, 0.15) is 5.56 Å². The third-order valence-corrected chi connectivity index (χ3v) is 3.56. The van der Waals surface area contributed by atoms with Gasteiger partial charge in [-0.05, 0) is 17.7 Å². The predicted octanol–water partition coefficient (Wildman–Crippen LogP) is 2.29. The van der Waals surface area contributed by atoms with Gasteiger partial charge in [0.05, 0.1) is 5.52 Å². The lowest BCUT2D eigenvalue weighted by Crippen LogP contribution is -2.17. The van der Waals surface area contributed by atoms with Gasteiger partial charge in [0.25, 0.3) is 0 Å². The fourth-order valence-electron chi connectivity index (χ4n) is 2.43. The minimum atomic E-state index is -0.944. The summed E-state index contributed by atoms with van der Waals surface area (Å²) in [6, 6.07) is 16.1. The summed E-state index contributed by atoms with van der Waals surface area (Å²) < 4.78 is 11.0. The Hall–Kier alpha value is -3.68. The summed E-state index contributed by atoms with van der Waals surface area (Å²) in [5.41, 5.74) is 1.26. The number of carbonyl (C=O) groups excluding carboxylic acids is 1. The number of nitrogens with one attached hydrogen (secondary N) is 1. The minimum absolute atomic E-state index is 0.0660. The highest BCUT2D eigenvalue weighted by Gasteiger charge is 2.15. The number of aromatic nitrogens is 4. The topological polar surface area (TPSA) is 98.6 Å². The molecule has 4 rings (SSSR count). The van der Waals surface area contributed by atoms with Gasteiger partial charge in [-0.3, -0.25) is 0 Å². The van der Waals surface area contributed by atoms with Crippen LogP contribution in [0.3, 0.4) is 0 Å². The molecule has 1 N–H and O–H groups in total. The molecule has 4 aromatic rings. The molecule has 0 saturated heterocycles. The number of hydrogen-bond acceptors (Lipinski definition) is 6. The van der Waals surface area contributed by atoms with Crippen LogP contribution in [-0.2, 0) is 11.3 Å².